The SMILES string of the molecule is CCNC(=NCCN1CCN(C(=O)C2CCCC2)CC1)N(C)CCOCC1CC1.I. The lowest BCUT2D eigenvalue weighted by Gasteiger charge is -2.35. The minimum absolute atomic E-state index is 0. The van der Waals surface area contributed by atoms with Crippen molar-refractivity contribution in [2.75, 3.05) is 72.6 Å². The Morgan fingerprint density at radius 1 is 1.13 bits per heavy atom. The van der Waals surface area contributed by atoms with Gasteiger partial charge in [-0.25, -0.2) is 0 Å². The highest BCUT2D eigenvalue weighted by Crippen LogP contribution is 2.28. The molecule has 1 heterocycles. The maximum absolute atomic E-state index is 12.6. The number of carbonyl (C=O) groups excluding carboxylic acids is 1. The van der Waals surface area contributed by atoms with Crippen LogP contribution in [0.1, 0.15) is 45.4 Å². The van der Waals surface area contributed by atoms with E-state index >= 15 is 0 Å². The minimum Gasteiger partial charge on any atom is -0.379 e. The van der Waals surface area contributed by atoms with E-state index in [0.717, 1.165) is 90.3 Å². The van der Waals surface area contributed by atoms with E-state index < -0.39 is 0 Å². The lowest BCUT2D eigenvalue weighted by molar-refractivity contribution is -0.137. The molecule has 0 aromatic rings. The van der Waals surface area contributed by atoms with Crippen molar-refractivity contribution in [2.24, 2.45) is 16.8 Å². The third kappa shape index (κ3) is 8.49. The Labute approximate surface area is 200 Å². The second kappa shape index (κ2) is 13.7. The average Bonchev–Trinajstić information content (AvgIpc) is 3.40. The van der Waals surface area contributed by atoms with Crippen LogP contribution in [0.4, 0.5) is 0 Å². The van der Waals surface area contributed by atoms with E-state index in [1.807, 2.05) is 0 Å². The number of nitrogens with zero attached hydrogens (tertiary/aromatic N) is 4. The molecule has 0 radical (unpaired) electrons. The van der Waals surface area contributed by atoms with E-state index in [0.29, 0.717) is 11.8 Å². The summed E-state index contributed by atoms with van der Waals surface area (Å²) in [6.07, 6.45) is 7.32. The predicted octanol–water partition coefficient (Wildman–Crippen LogP) is 2.26. The standard InChI is InChI=1S/C22H41N5O2.HI/c1-3-23-22(25(2)16-17-29-18-19-8-9-19)24-10-11-26-12-14-27(15-13-26)21(28)20-6-4-5-7-20;/h19-20H,3-18H2,1-2H3,(H,23,24);1H. The monoisotopic (exact) mass is 535 g/mol. The molecular weight excluding hydrogens is 493 g/mol. The summed E-state index contributed by atoms with van der Waals surface area (Å²) in [7, 11) is 2.08. The second-order valence-corrected chi connectivity index (χ2v) is 8.82. The van der Waals surface area contributed by atoms with Gasteiger partial charge in [-0.3, -0.25) is 14.7 Å². The summed E-state index contributed by atoms with van der Waals surface area (Å²) in [5.74, 6) is 2.48. The summed E-state index contributed by atoms with van der Waals surface area (Å²) >= 11 is 0. The van der Waals surface area contributed by atoms with Crippen LogP contribution in [0.5, 0.6) is 0 Å². The molecule has 1 aliphatic heterocycles. The number of hydrogen-bond donors (Lipinski definition) is 1. The number of ether oxygens (including phenoxy) is 1. The highest BCUT2D eigenvalue weighted by Gasteiger charge is 2.29. The number of rotatable bonds is 10. The summed E-state index contributed by atoms with van der Waals surface area (Å²) < 4.78 is 5.76. The molecule has 0 spiro atoms. The van der Waals surface area contributed by atoms with Crippen LogP contribution in [0.2, 0.25) is 0 Å². The number of piperazine rings is 1. The Kier molecular flexibility index (Phi) is 11.7. The number of nitrogens with one attached hydrogen (secondary N) is 1. The fourth-order valence-corrected chi connectivity index (χ4v) is 4.23. The fourth-order valence-electron chi connectivity index (χ4n) is 4.23. The van der Waals surface area contributed by atoms with Crippen LogP contribution in [0, 0.1) is 11.8 Å². The Morgan fingerprint density at radius 2 is 1.83 bits per heavy atom. The molecule has 8 heteroatoms. The first kappa shape index (κ1) is 25.6. The number of carbonyl (C=O) groups is 1. The number of hydrogen-bond acceptors (Lipinski definition) is 4. The Bertz CT molecular complexity index is 530. The Morgan fingerprint density at radius 3 is 2.47 bits per heavy atom. The van der Waals surface area contributed by atoms with E-state index in [1.54, 1.807) is 0 Å². The summed E-state index contributed by atoms with van der Waals surface area (Å²) in [6.45, 7) is 10.9. The fraction of sp³-hybridized carbons (Fsp3) is 0.909. The van der Waals surface area contributed by atoms with E-state index in [9.17, 15) is 4.79 Å². The van der Waals surface area contributed by atoms with E-state index in [1.165, 1.54) is 25.7 Å². The van der Waals surface area contributed by atoms with Gasteiger partial charge >= 0.3 is 0 Å². The molecule has 174 valence electrons. The molecule has 0 atom stereocenters. The lowest BCUT2D eigenvalue weighted by Crippen LogP contribution is -2.50. The van der Waals surface area contributed by atoms with E-state index in [2.05, 4.69) is 34.0 Å². The molecule has 1 N–H and O–H groups in total. The van der Waals surface area contributed by atoms with Crippen LogP contribution in [-0.4, -0.2) is 99.2 Å². The molecule has 7 nitrogen and oxygen atoms in total. The summed E-state index contributed by atoms with van der Waals surface area (Å²) in [4.78, 5) is 24.1. The van der Waals surface area contributed by atoms with Gasteiger partial charge in [0.2, 0.25) is 5.91 Å². The first-order valence-corrected chi connectivity index (χ1v) is 11.8. The van der Waals surface area contributed by atoms with Gasteiger partial charge in [-0.15, -0.1) is 24.0 Å². The quantitative estimate of drug-likeness (QED) is 0.201. The third-order valence-electron chi connectivity index (χ3n) is 6.38. The smallest absolute Gasteiger partial charge is 0.225 e. The molecule has 3 fully saturated rings. The van der Waals surface area contributed by atoms with E-state index in [4.69, 9.17) is 9.73 Å². The van der Waals surface area contributed by atoms with Crippen molar-refractivity contribution in [3.8, 4) is 0 Å². The molecule has 1 amide bonds. The molecule has 30 heavy (non-hydrogen) atoms. The molecule has 1 saturated heterocycles. The van der Waals surface area contributed by atoms with Crippen LogP contribution in [0.3, 0.4) is 0 Å². The van der Waals surface area contributed by atoms with Gasteiger partial charge < -0.3 is 19.9 Å². The number of likely N-dealkylation sites (N-methyl/N-ethyl adjacent to an activating group) is 1. The van der Waals surface area contributed by atoms with Gasteiger partial charge in [0.05, 0.1) is 13.2 Å². The highest BCUT2D eigenvalue weighted by molar-refractivity contribution is 14.0. The summed E-state index contributed by atoms with van der Waals surface area (Å²) in [5.41, 5.74) is 0. The summed E-state index contributed by atoms with van der Waals surface area (Å²) in [6, 6.07) is 0. The molecule has 3 aliphatic rings. The average molecular weight is 536 g/mol. The topological polar surface area (TPSA) is 60.4 Å². The van der Waals surface area contributed by atoms with Crippen LogP contribution < -0.4 is 5.32 Å². The van der Waals surface area contributed by atoms with Crippen molar-refractivity contribution in [2.45, 2.75) is 45.4 Å². The molecule has 3 rings (SSSR count). The number of aliphatic imine (C=N–C) groups is 1. The van der Waals surface area contributed by atoms with Crippen molar-refractivity contribution in [1.82, 2.24) is 20.0 Å². The normalized spacial score (nSPS) is 20.9. The van der Waals surface area contributed by atoms with Crippen molar-refractivity contribution < 1.29 is 9.53 Å². The highest BCUT2D eigenvalue weighted by atomic mass is 127. The van der Waals surface area contributed by atoms with Crippen molar-refractivity contribution in [1.29, 1.82) is 0 Å². The van der Waals surface area contributed by atoms with Crippen LogP contribution >= 0.6 is 24.0 Å². The zero-order valence-electron chi connectivity index (χ0n) is 19.0. The lowest BCUT2D eigenvalue weighted by atomic mass is 10.1. The molecule has 2 saturated carbocycles. The minimum atomic E-state index is 0. The van der Waals surface area contributed by atoms with Gasteiger partial charge in [-0.2, -0.15) is 0 Å². The molecule has 0 bridgehead atoms. The van der Waals surface area contributed by atoms with Crippen molar-refractivity contribution in [3.63, 3.8) is 0 Å². The van der Waals surface area contributed by atoms with E-state index in [-0.39, 0.29) is 24.0 Å². The molecule has 0 unspecified atom stereocenters. The zero-order valence-corrected chi connectivity index (χ0v) is 21.3. The first-order valence-electron chi connectivity index (χ1n) is 11.8. The Balaban J connectivity index is 0.00000320. The van der Waals surface area contributed by atoms with Crippen molar-refractivity contribution in [3.05, 3.63) is 0 Å². The van der Waals surface area contributed by atoms with Gasteiger partial charge in [0.1, 0.15) is 0 Å². The van der Waals surface area contributed by atoms with Crippen LogP contribution in [0.15, 0.2) is 4.99 Å². The Hall–Kier alpha value is -0.610. The van der Waals surface area contributed by atoms with Gasteiger partial charge in [0.15, 0.2) is 5.96 Å². The molecular formula is C22H42IN5O2. The molecule has 0 aromatic heterocycles. The molecule has 2 aliphatic carbocycles. The molecule has 0 aromatic carbocycles. The van der Waals surface area contributed by atoms with Gasteiger partial charge in [-0.05, 0) is 38.5 Å². The number of guanidine groups is 1. The maximum Gasteiger partial charge on any atom is 0.225 e. The first-order chi connectivity index (χ1) is 14.2. The third-order valence-corrected chi connectivity index (χ3v) is 6.38. The predicted molar refractivity (Wildman–Crippen MR) is 133 cm³/mol. The van der Waals surface area contributed by atoms with Crippen LogP contribution in [-0.2, 0) is 9.53 Å². The maximum atomic E-state index is 12.6. The summed E-state index contributed by atoms with van der Waals surface area (Å²) in [5, 5.41) is 3.38. The number of halogens is 1. The second-order valence-electron chi connectivity index (χ2n) is 8.82. The van der Waals surface area contributed by atoms with Gasteiger partial charge in [-0.1, -0.05) is 12.8 Å². The van der Waals surface area contributed by atoms with Gasteiger partial charge in [0.25, 0.3) is 0 Å². The largest absolute Gasteiger partial charge is 0.379 e. The van der Waals surface area contributed by atoms with Gasteiger partial charge in [0, 0.05) is 65.4 Å². The zero-order chi connectivity index (χ0) is 20.5. The van der Waals surface area contributed by atoms with Crippen LogP contribution in [0.25, 0.3) is 0 Å². The van der Waals surface area contributed by atoms with Crippen molar-refractivity contribution >= 4 is 35.8 Å². The number of amides is 1.